The third-order valence-corrected chi connectivity index (χ3v) is 5.30. The molecule has 2 N–H and O–H groups in total. The first-order chi connectivity index (χ1) is 16.1. The Morgan fingerprint density at radius 1 is 1.20 bits per heavy atom. The summed E-state index contributed by atoms with van der Waals surface area (Å²) in [6.45, 7) is 5.24. The van der Waals surface area contributed by atoms with Crippen LogP contribution in [0, 0.1) is 18.6 Å². The second kappa shape index (κ2) is 9.46. The molecule has 6 nitrogen and oxygen atoms in total. The smallest absolute Gasteiger partial charge is 0.425 e. The van der Waals surface area contributed by atoms with Crippen molar-refractivity contribution in [3.05, 3.63) is 70.0 Å². The number of benzene rings is 2. The molecule has 0 spiro atoms. The number of rotatable bonds is 6. The van der Waals surface area contributed by atoms with Crippen molar-refractivity contribution in [3.8, 4) is 11.4 Å². The van der Waals surface area contributed by atoms with E-state index in [1.54, 1.807) is 6.92 Å². The molecule has 0 aliphatic heterocycles. The van der Waals surface area contributed by atoms with Gasteiger partial charge in [0.25, 0.3) is 5.91 Å². The molecule has 0 aliphatic carbocycles. The predicted molar refractivity (Wildman–Crippen MR) is 119 cm³/mol. The first-order valence-electron chi connectivity index (χ1n) is 10.2. The minimum atomic E-state index is -4.80. The molecule has 3 rings (SSSR count). The SMILES string of the molecule is Cc1cn(-c2cc(O[C@@H](C)C(F)(F)F)c(C(=O)Nc3c(F)cccc3Cl)cc2F)nc1C(C)(C)O. The number of carbonyl (C=O) groups excluding carboxylic acids is 1. The maximum atomic E-state index is 15.1. The number of nitrogens with zero attached hydrogens (tertiary/aromatic N) is 2. The highest BCUT2D eigenvalue weighted by Gasteiger charge is 2.39. The third-order valence-electron chi connectivity index (χ3n) is 4.98. The lowest BCUT2D eigenvalue weighted by Crippen LogP contribution is -2.32. The molecular weight excluding hydrogens is 497 g/mol. The number of ether oxygens (including phenoxy) is 1. The van der Waals surface area contributed by atoms with E-state index in [1.165, 1.54) is 32.2 Å². The second-order valence-electron chi connectivity index (χ2n) is 8.32. The number of alkyl halides is 3. The number of hydrogen-bond donors (Lipinski definition) is 2. The highest BCUT2D eigenvalue weighted by molar-refractivity contribution is 6.34. The normalized spacial score (nSPS) is 13.0. The van der Waals surface area contributed by atoms with E-state index >= 15 is 4.39 Å². The summed E-state index contributed by atoms with van der Waals surface area (Å²) in [4.78, 5) is 12.8. The first kappa shape index (κ1) is 26.4. The lowest BCUT2D eigenvalue weighted by molar-refractivity contribution is -0.189. The van der Waals surface area contributed by atoms with Crippen molar-refractivity contribution in [1.82, 2.24) is 9.78 Å². The van der Waals surface area contributed by atoms with Gasteiger partial charge in [-0.25, -0.2) is 13.5 Å². The van der Waals surface area contributed by atoms with Crippen molar-refractivity contribution in [2.45, 2.75) is 45.6 Å². The van der Waals surface area contributed by atoms with E-state index in [0.29, 0.717) is 18.6 Å². The van der Waals surface area contributed by atoms with Gasteiger partial charge in [0.2, 0.25) is 0 Å². The number of aryl methyl sites for hydroxylation is 1. The van der Waals surface area contributed by atoms with Gasteiger partial charge in [-0.15, -0.1) is 0 Å². The number of aromatic nitrogens is 2. The quantitative estimate of drug-likeness (QED) is 0.398. The molecule has 0 aliphatic rings. The molecule has 3 aromatic rings. The molecule has 0 bridgehead atoms. The van der Waals surface area contributed by atoms with Crippen LogP contribution in [0.15, 0.2) is 36.5 Å². The van der Waals surface area contributed by atoms with Gasteiger partial charge < -0.3 is 15.2 Å². The Labute approximate surface area is 202 Å². The molecule has 1 heterocycles. The van der Waals surface area contributed by atoms with Crippen LogP contribution in [0.2, 0.25) is 5.02 Å². The summed E-state index contributed by atoms with van der Waals surface area (Å²) in [5, 5.41) is 16.3. The van der Waals surface area contributed by atoms with Crippen LogP contribution in [0.4, 0.5) is 27.6 Å². The highest BCUT2D eigenvalue weighted by atomic mass is 35.5. The Bertz CT molecular complexity index is 1250. The van der Waals surface area contributed by atoms with Crippen LogP contribution in [-0.2, 0) is 5.60 Å². The fourth-order valence-electron chi connectivity index (χ4n) is 3.24. The Kier molecular flexibility index (Phi) is 7.14. The Hall–Kier alpha value is -3.18. The molecule has 35 heavy (non-hydrogen) atoms. The van der Waals surface area contributed by atoms with Crippen molar-refractivity contribution < 1.29 is 36.6 Å². The molecule has 188 valence electrons. The van der Waals surface area contributed by atoms with Crippen LogP contribution in [0.25, 0.3) is 5.69 Å². The molecule has 1 aromatic heterocycles. The number of anilines is 1. The average molecular weight is 518 g/mol. The van der Waals surface area contributed by atoms with Crippen molar-refractivity contribution >= 4 is 23.2 Å². The average Bonchev–Trinajstić information content (AvgIpc) is 3.12. The maximum Gasteiger partial charge on any atom is 0.425 e. The molecule has 1 amide bonds. The molecular formula is C23H21ClF5N3O3. The largest absolute Gasteiger partial charge is 0.480 e. The lowest BCUT2D eigenvalue weighted by Gasteiger charge is -2.21. The van der Waals surface area contributed by atoms with Crippen LogP contribution in [-0.4, -0.2) is 33.1 Å². The van der Waals surface area contributed by atoms with Gasteiger partial charge in [-0.2, -0.15) is 18.3 Å². The molecule has 2 aromatic carbocycles. The minimum Gasteiger partial charge on any atom is -0.480 e. The number of nitrogens with one attached hydrogen (secondary N) is 1. The van der Waals surface area contributed by atoms with Crippen molar-refractivity contribution in [3.63, 3.8) is 0 Å². The molecule has 0 fully saturated rings. The Morgan fingerprint density at radius 3 is 2.40 bits per heavy atom. The Morgan fingerprint density at radius 2 is 1.86 bits per heavy atom. The topological polar surface area (TPSA) is 76.4 Å². The van der Waals surface area contributed by atoms with E-state index in [1.807, 2.05) is 0 Å². The van der Waals surface area contributed by atoms with Gasteiger partial charge in [0.1, 0.15) is 28.7 Å². The van der Waals surface area contributed by atoms with Gasteiger partial charge >= 0.3 is 6.18 Å². The predicted octanol–water partition coefficient (Wildman–Crippen LogP) is 5.92. The van der Waals surface area contributed by atoms with Crippen molar-refractivity contribution in [2.24, 2.45) is 0 Å². The minimum absolute atomic E-state index is 0.173. The van der Waals surface area contributed by atoms with E-state index in [-0.39, 0.29) is 16.4 Å². The van der Waals surface area contributed by atoms with Gasteiger partial charge in [0, 0.05) is 12.3 Å². The van der Waals surface area contributed by atoms with E-state index in [9.17, 15) is 27.5 Å². The van der Waals surface area contributed by atoms with E-state index in [4.69, 9.17) is 16.3 Å². The molecule has 0 unspecified atom stereocenters. The van der Waals surface area contributed by atoms with Crippen LogP contribution in [0.1, 0.15) is 42.4 Å². The monoisotopic (exact) mass is 517 g/mol. The van der Waals surface area contributed by atoms with Crippen molar-refractivity contribution in [1.29, 1.82) is 0 Å². The first-order valence-corrected chi connectivity index (χ1v) is 10.6. The van der Waals surface area contributed by atoms with Crippen LogP contribution >= 0.6 is 11.6 Å². The third kappa shape index (κ3) is 5.73. The number of halogens is 6. The van der Waals surface area contributed by atoms with Gasteiger partial charge in [0.05, 0.1) is 22.0 Å². The summed E-state index contributed by atoms with van der Waals surface area (Å²) >= 11 is 5.89. The molecule has 0 radical (unpaired) electrons. The molecule has 12 heteroatoms. The lowest BCUT2D eigenvalue weighted by atomic mass is 10.0. The number of para-hydroxylation sites is 1. The number of hydrogen-bond acceptors (Lipinski definition) is 4. The fraction of sp³-hybridized carbons (Fsp3) is 0.304. The maximum absolute atomic E-state index is 15.1. The zero-order chi connectivity index (χ0) is 26.3. The summed E-state index contributed by atoms with van der Waals surface area (Å²) in [6.07, 6.45) is -5.80. The summed E-state index contributed by atoms with van der Waals surface area (Å²) in [7, 11) is 0. The zero-order valence-electron chi connectivity index (χ0n) is 19.0. The van der Waals surface area contributed by atoms with Gasteiger partial charge in [-0.1, -0.05) is 17.7 Å². The zero-order valence-corrected chi connectivity index (χ0v) is 19.7. The summed E-state index contributed by atoms with van der Waals surface area (Å²) in [5.74, 6) is -3.72. The molecule has 1 atom stereocenters. The molecule has 0 saturated heterocycles. The summed E-state index contributed by atoms with van der Waals surface area (Å²) in [6, 6.07) is 5.10. The van der Waals surface area contributed by atoms with Crippen LogP contribution < -0.4 is 10.1 Å². The van der Waals surface area contributed by atoms with Gasteiger partial charge in [-0.05, 0) is 51.5 Å². The van der Waals surface area contributed by atoms with E-state index in [2.05, 4.69) is 10.4 Å². The standard InChI is InChI=1S/C23H21ClF5N3O3/c1-11-10-32(31-20(11)22(3,4)34)17-9-18(35-12(2)23(27,28)29)13(8-16(17)26)21(33)30-19-14(24)6-5-7-15(19)25/h5-10,12,34H,1-4H3,(H,30,33)/t12-/m0/s1. The van der Waals surface area contributed by atoms with Crippen LogP contribution in [0.5, 0.6) is 5.75 Å². The van der Waals surface area contributed by atoms with Gasteiger partial charge in [-0.3, -0.25) is 4.79 Å². The van der Waals surface area contributed by atoms with E-state index < -0.39 is 52.4 Å². The van der Waals surface area contributed by atoms with Gasteiger partial charge in [0.15, 0.2) is 6.10 Å². The molecule has 0 saturated carbocycles. The summed E-state index contributed by atoms with van der Waals surface area (Å²) in [5.41, 5.74) is -2.09. The highest BCUT2D eigenvalue weighted by Crippen LogP contribution is 2.33. The number of carbonyl (C=O) groups is 1. The van der Waals surface area contributed by atoms with E-state index in [0.717, 1.165) is 16.8 Å². The fourth-order valence-corrected chi connectivity index (χ4v) is 3.45. The van der Waals surface area contributed by atoms with Crippen LogP contribution in [0.3, 0.4) is 0 Å². The second-order valence-corrected chi connectivity index (χ2v) is 8.72. The summed E-state index contributed by atoms with van der Waals surface area (Å²) < 4.78 is 74.8. The van der Waals surface area contributed by atoms with Crippen molar-refractivity contribution in [2.75, 3.05) is 5.32 Å². The number of amides is 1. The Balaban J connectivity index is 2.12. The number of aliphatic hydroxyl groups is 1.